The van der Waals surface area contributed by atoms with Crippen LogP contribution in [0.3, 0.4) is 0 Å². The highest BCUT2D eigenvalue weighted by molar-refractivity contribution is 7.91. The van der Waals surface area contributed by atoms with Crippen molar-refractivity contribution in [2.45, 2.75) is 11.1 Å². The van der Waals surface area contributed by atoms with Crippen LogP contribution in [0.1, 0.15) is 5.56 Å². The summed E-state index contributed by atoms with van der Waals surface area (Å²) in [6.07, 6.45) is 0. The van der Waals surface area contributed by atoms with E-state index >= 15 is 0 Å². The molecule has 8 heteroatoms. The minimum absolute atomic E-state index is 0.148. The van der Waals surface area contributed by atoms with E-state index in [1.165, 1.54) is 6.07 Å². The lowest BCUT2D eigenvalue weighted by atomic mass is 10.2. The zero-order chi connectivity index (χ0) is 16.2. The van der Waals surface area contributed by atoms with Crippen molar-refractivity contribution in [1.82, 2.24) is 4.72 Å². The van der Waals surface area contributed by atoms with Gasteiger partial charge in [-0.15, -0.1) is 11.3 Å². The van der Waals surface area contributed by atoms with Crippen molar-refractivity contribution in [3.8, 4) is 11.5 Å². The molecule has 2 rings (SSSR count). The van der Waals surface area contributed by atoms with Gasteiger partial charge in [0.1, 0.15) is 10.8 Å². The van der Waals surface area contributed by atoms with E-state index < -0.39 is 10.0 Å². The van der Waals surface area contributed by atoms with Gasteiger partial charge >= 0.3 is 0 Å². The van der Waals surface area contributed by atoms with E-state index in [0.29, 0.717) is 15.8 Å². The predicted molar refractivity (Wildman–Crippen MR) is 87.7 cm³/mol. The van der Waals surface area contributed by atoms with Crippen LogP contribution >= 0.6 is 22.9 Å². The number of halogens is 1. The lowest BCUT2D eigenvalue weighted by Crippen LogP contribution is -2.27. The fourth-order valence-corrected chi connectivity index (χ4v) is 4.28. The van der Waals surface area contributed by atoms with E-state index in [1.807, 2.05) is 19.1 Å². The first kappa shape index (κ1) is 17.1. The summed E-state index contributed by atoms with van der Waals surface area (Å²) in [7, 11) is -1.98. The summed E-state index contributed by atoms with van der Waals surface area (Å²) in [5.74, 6) is 1.19. The minimum atomic E-state index is -3.54. The number of methoxy groups -OCH3 is 1. The molecule has 0 aliphatic heterocycles. The Morgan fingerprint density at radius 2 is 2.00 bits per heavy atom. The molecule has 0 saturated heterocycles. The number of rotatable bonds is 7. The first-order valence-electron chi connectivity index (χ1n) is 6.45. The second-order valence-electron chi connectivity index (χ2n) is 4.46. The molecule has 1 aromatic carbocycles. The molecule has 0 aliphatic rings. The van der Waals surface area contributed by atoms with Gasteiger partial charge in [0.05, 0.1) is 11.4 Å². The van der Waals surface area contributed by atoms with E-state index in [0.717, 1.165) is 16.9 Å². The van der Waals surface area contributed by atoms with Crippen molar-refractivity contribution >= 4 is 33.0 Å². The first-order valence-corrected chi connectivity index (χ1v) is 9.12. The topological polar surface area (TPSA) is 64.6 Å². The van der Waals surface area contributed by atoms with E-state index in [-0.39, 0.29) is 17.4 Å². The van der Waals surface area contributed by atoms with Gasteiger partial charge in [0.25, 0.3) is 0 Å². The molecule has 1 aromatic heterocycles. The maximum Gasteiger partial charge on any atom is 0.250 e. The largest absolute Gasteiger partial charge is 0.493 e. The number of hydrogen-bond acceptors (Lipinski definition) is 5. The van der Waals surface area contributed by atoms with E-state index in [9.17, 15) is 8.42 Å². The standard InChI is InChI=1S/C14H16ClNO4S2/c1-10-3-4-11(12(9-10)19-2)20-8-7-16-22(17,18)14-6-5-13(15)21-14/h3-6,9,16H,7-8H2,1-2H3. The number of nitrogens with one attached hydrogen (secondary N) is 1. The van der Waals surface area contributed by atoms with Crippen LogP contribution in [-0.4, -0.2) is 28.7 Å². The lowest BCUT2D eigenvalue weighted by Gasteiger charge is -2.11. The number of sulfonamides is 1. The normalized spacial score (nSPS) is 11.4. The Morgan fingerprint density at radius 3 is 2.64 bits per heavy atom. The highest BCUT2D eigenvalue weighted by Gasteiger charge is 2.16. The van der Waals surface area contributed by atoms with Crippen molar-refractivity contribution in [1.29, 1.82) is 0 Å². The van der Waals surface area contributed by atoms with Gasteiger partial charge in [-0.25, -0.2) is 13.1 Å². The fourth-order valence-electron chi connectivity index (χ4n) is 1.74. The van der Waals surface area contributed by atoms with Crippen LogP contribution in [-0.2, 0) is 10.0 Å². The first-order chi connectivity index (χ1) is 10.4. The van der Waals surface area contributed by atoms with Crippen LogP contribution in [0.5, 0.6) is 11.5 Å². The third-order valence-corrected chi connectivity index (χ3v) is 5.97. The second kappa shape index (κ2) is 7.32. The number of ether oxygens (including phenoxy) is 2. The van der Waals surface area contributed by atoms with E-state index in [1.54, 1.807) is 19.2 Å². The molecule has 0 radical (unpaired) electrons. The Labute approximate surface area is 138 Å². The van der Waals surface area contributed by atoms with Gasteiger partial charge in [0, 0.05) is 6.54 Å². The Hall–Kier alpha value is -1.28. The Balaban J connectivity index is 1.90. The SMILES string of the molecule is COc1cc(C)ccc1OCCNS(=O)(=O)c1ccc(Cl)s1. The maximum absolute atomic E-state index is 12.0. The van der Waals surface area contributed by atoms with E-state index in [4.69, 9.17) is 21.1 Å². The number of thiophene rings is 1. The Kier molecular flexibility index (Phi) is 5.69. The van der Waals surface area contributed by atoms with Gasteiger partial charge in [-0.1, -0.05) is 17.7 Å². The molecule has 0 aliphatic carbocycles. The van der Waals surface area contributed by atoms with Crippen molar-refractivity contribution in [3.63, 3.8) is 0 Å². The quantitative estimate of drug-likeness (QED) is 0.770. The van der Waals surface area contributed by atoms with E-state index in [2.05, 4.69) is 4.72 Å². The molecule has 0 fully saturated rings. The summed E-state index contributed by atoms with van der Waals surface area (Å²) in [4.78, 5) is 0. The molecule has 0 unspecified atom stereocenters. The molecule has 0 saturated carbocycles. The smallest absolute Gasteiger partial charge is 0.250 e. The monoisotopic (exact) mass is 361 g/mol. The summed E-state index contributed by atoms with van der Waals surface area (Å²) in [5, 5.41) is 0. The Morgan fingerprint density at radius 1 is 1.23 bits per heavy atom. The van der Waals surface area contributed by atoms with Crippen LogP contribution in [0.4, 0.5) is 0 Å². The maximum atomic E-state index is 12.0. The molecule has 5 nitrogen and oxygen atoms in total. The van der Waals surface area contributed by atoms with Gasteiger partial charge < -0.3 is 9.47 Å². The number of aryl methyl sites for hydroxylation is 1. The molecular formula is C14H16ClNO4S2. The summed E-state index contributed by atoms with van der Waals surface area (Å²) < 4.78 is 37.8. The third-order valence-electron chi connectivity index (χ3n) is 2.78. The third kappa shape index (κ3) is 4.36. The number of benzene rings is 1. The fraction of sp³-hybridized carbons (Fsp3) is 0.286. The summed E-state index contributed by atoms with van der Waals surface area (Å²) in [6.45, 7) is 2.29. The highest BCUT2D eigenvalue weighted by atomic mass is 35.5. The van der Waals surface area contributed by atoms with Gasteiger partial charge in [-0.05, 0) is 36.8 Å². The molecule has 0 spiro atoms. The van der Waals surface area contributed by atoms with Crippen molar-refractivity contribution < 1.29 is 17.9 Å². The molecule has 0 amide bonds. The van der Waals surface area contributed by atoms with Crippen LogP contribution < -0.4 is 14.2 Å². The van der Waals surface area contributed by atoms with Crippen LogP contribution in [0.15, 0.2) is 34.5 Å². The van der Waals surface area contributed by atoms with Crippen molar-refractivity contribution in [3.05, 3.63) is 40.2 Å². The van der Waals surface area contributed by atoms with Crippen LogP contribution in [0.25, 0.3) is 0 Å². The molecule has 0 bridgehead atoms. The molecule has 1 heterocycles. The molecule has 1 N–H and O–H groups in total. The molecule has 120 valence electrons. The van der Waals surface area contributed by atoms with Gasteiger partial charge in [-0.3, -0.25) is 0 Å². The average molecular weight is 362 g/mol. The van der Waals surface area contributed by atoms with Crippen LogP contribution in [0.2, 0.25) is 4.34 Å². The molecule has 22 heavy (non-hydrogen) atoms. The molecule has 0 atom stereocenters. The summed E-state index contributed by atoms with van der Waals surface area (Å²) >= 11 is 6.75. The summed E-state index contributed by atoms with van der Waals surface area (Å²) in [5.41, 5.74) is 1.06. The van der Waals surface area contributed by atoms with Gasteiger partial charge in [0.15, 0.2) is 11.5 Å². The summed E-state index contributed by atoms with van der Waals surface area (Å²) in [6, 6.07) is 8.57. The zero-order valence-corrected chi connectivity index (χ0v) is 14.5. The minimum Gasteiger partial charge on any atom is -0.493 e. The average Bonchev–Trinajstić information content (AvgIpc) is 2.92. The van der Waals surface area contributed by atoms with Gasteiger partial charge in [0.2, 0.25) is 10.0 Å². The van der Waals surface area contributed by atoms with Crippen LogP contribution in [0, 0.1) is 6.92 Å². The predicted octanol–water partition coefficient (Wildman–Crippen LogP) is 3.08. The second-order valence-corrected chi connectivity index (χ2v) is 8.17. The number of hydrogen-bond donors (Lipinski definition) is 1. The molecule has 2 aromatic rings. The van der Waals surface area contributed by atoms with Crippen molar-refractivity contribution in [2.75, 3.05) is 20.3 Å². The lowest BCUT2D eigenvalue weighted by molar-refractivity contribution is 0.298. The Bertz CT molecular complexity index is 743. The highest BCUT2D eigenvalue weighted by Crippen LogP contribution is 2.28. The van der Waals surface area contributed by atoms with Gasteiger partial charge in [-0.2, -0.15) is 0 Å². The van der Waals surface area contributed by atoms with Crippen molar-refractivity contribution in [2.24, 2.45) is 0 Å². The molecular weight excluding hydrogens is 346 g/mol. The zero-order valence-electron chi connectivity index (χ0n) is 12.1.